The van der Waals surface area contributed by atoms with E-state index < -0.39 is 0 Å². The molecule has 0 radical (unpaired) electrons. The third kappa shape index (κ3) is 3.83. The average Bonchev–Trinajstić information content (AvgIpc) is 2.83. The molecule has 1 N–H and O–H groups in total. The average molecular weight is 256 g/mol. The third-order valence-corrected chi connectivity index (χ3v) is 2.74. The van der Waals surface area contributed by atoms with E-state index in [1.807, 2.05) is 48.1 Å². The van der Waals surface area contributed by atoms with E-state index in [0.717, 1.165) is 23.7 Å². The lowest BCUT2D eigenvalue weighted by molar-refractivity contribution is 0.367. The molecule has 5 nitrogen and oxygen atoms in total. The minimum Gasteiger partial charge on any atom is -0.479 e. The quantitative estimate of drug-likeness (QED) is 0.853. The van der Waals surface area contributed by atoms with Gasteiger partial charge >= 0.3 is 0 Å². The predicted molar refractivity (Wildman–Crippen MR) is 71.3 cm³/mol. The van der Waals surface area contributed by atoms with Crippen molar-refractivity contribution in [1.29, 1.82) is 5.26 Å². The largest absolute Gasteiger partial charge is 0.479 e. The first-order valence-corrected chi connectivity index (χ1v) is 6.05. The Morgan fingerprint density at radius 3 is 3.05 bits per heavy atom. The zero-order valence-electron chi connectivity index (χ0n) is 10.8. The van der Waals surface area contributed by atoms with Gasteiger partial charge in [0, 0.05) is 26.0 Å². The lowest BCUT2D eigenvalue weighted by Crippen LogP contribution is -2.15. The van der Waals surface area contributed by atoms with Gasteiger partial charge in [-0.05, 0) is 17.7 Å². The zero-order valence-corrected chi connectivity index (χ0v) is 10.8. The molecule has 0 atom stereocenters. The highest BCUT2D eigenvalue weighted by Crippen LogP contribution is 2.13. The number of nitrogens with zero attached hydrogens (tertiary/aromatic N) is 3. The van der Waals surface area contributed by atoms with Gasteiger partial charge in [-0.3, -0.25) is 0 Å². The number of nitriles is 1. The van der Waals surface area contributed by atoms with Crippen molar-refractivity contribution in [2.75, 3.05) is 6.61 Å². The number of rotatable bonds is 6. The Hall–Kier alpha value is -2.32. The summed E-state index contributed by atoms with van der Waals surface area (Å²) in [7, 11) is 1.97. The van der Waals surface area contributed by atoms with E-state index in [4.69, 9.17) is 10.00 Å². The summed E-state index contributed by atoms with van der Waals surface area (Å²) < 4.78 is 7.25. The number of aryl methyl sites for hydroxylation is 1. The van der Waals surface area contributed by atoms with Crippen molar-refractivity contribution < 1.29 is 4.74 Å². The van der Waals surface area contributed by atoms with E-state index in [1.54, 1.807) is 6.20 Å². The minimum absolute atomic E-state index is 0.0736. The van der Waals surface area contributed by atoms with Crippen LogP contribution in [0.15, 0.2) is 36.7 Å². The van der Waals surface area contributed by atoms with Gasteiger partial charge in [0.15, 0.2) is 6.61 Å². The summed E-state index contributed by atoms with van der Waals surface area (Å²) in [5.41, 5.74) is 1.12. The topological polar surface area (TPSA) is 62.9 Å². The molecule has 2 aromatic rings. The van der Waals surface area contributed by atoms with Crippen LogP contribution in [0.4, 0.5) is 0 Å². The summed E-state index contributed by atoms with van der Waals surface area (Å²) in [6, 6.07) is 9.67. The number of ether oxygens (including phenoxy) is 1. The molecule has 0 spiro atoms. The second kappa shape index (κ2) is 6.57. The lowest BCUT2D eigenvalue weighted by atomic mass is 10.2. The van der Waals surface area contributed by atoms with Gasteiger partial charge in [0.05, 0.1) is 6.54 Å². The first-order valence-electron chi connectivity index (χ1n) is 6.05. The molecular weight excluding hydrogens is 240 g/mol. The van der Waals surface area contributed by atoms with Crippen LogP contribution in [0, 0.1) is 11.3 Å². The number of hydrogen-bond donors (Lipinski definition) is 1. The molecule has 0 fully saturated rings. The molecule has 0 amide bonds. The van der Waals surface area contributed by atoms with Crippen molar-refractivity contribution in [1.82, 2.24) is 14.9 Å². The monoisotopic (exact) mass is 256 g/mol. The van der Waals surface area contributed by atoms with Gasteiger partial charge in [-0.2, -0.15) is 5.26 Å². The summed E-state index contributed by atoms with van der Waals surface area (Å²) in [6.07, 6.45) is 3.71. The minimum atomic E-state index is 0.0736. The molecule has 5 heteroatoms. The predicted octanol–water partition coefficient (Wildman–Crippen LogP) is 1.61. The lowest BCUT2D eigenvalue weighted by Gasteiger charge is -2.07. The molecule has 0 aliphatic carbocycles. The first-order chi connectivity index (χ1) is 9.29. The summed E-state index contributed by atoms with van der Waals surface area (Å²) in [4.78, 5) is 4.24. The third-order valence-electron chi connectivity index (χ3n) is 2.74. The van der Waals surface area contributed by atoms with Crippen LogP contribution in [-0.2, 0) is 20.1 Å². The smallest absolute Gasteiger partial charge is 0.174 e. The molecule has 0 saturated heterocycles. The molecule has 19 heavy (non-hydrogen) atoms. The Morgan fingerprint density at radius 1 is 1.42 bits per heavy atom. The van der Waals surface area contributed by atoms with Gasteiger partial charge in [-0.15, -0.1) is 0 Å². The van der Waals surface area contributed by atoms with Gasteiger partial charge < -0.3 is 14.6 Å². The summed E-state index contributed by atoms with van der Waals surface area (Å²) >= 11 is 0. The highest BCUT2D eigenvalue weighted by molar-refractivity contribution is 5.28. The van der Waals surface area contributed by atoms with Crippen LogP contribution in [0.3, 0.4) is 0 Å². The van der Waals surface area contributed by atoms with Gasteiger partial charge in [-0.1, -0.05) is 12.1 Å². The van der Waals surface area contributed by atoms with Crippen molar-refractivity contribution in [3.63, 3.8) is 0 Å². The molecule has 0 saturated carbocycles. The van der Waals surface area contributed by atoms with E-state index in [2.05, 4.69) is 10.3 Å². The highest BCUT2D eigenvalue weighted by atomic mass is 16.5. The number of hydrogen-bond acceptors (Lipinski definition) is 4. The van der Waals surface area contributed by atoms with Crippen molar-refractivity contribution in [3.05, 3.63) is 48.0 Å². The Bertz CT molecular complexity index is 571. The summed E-state index contributed by atoms with van der Waals surface area (Å²) in [5, 5.41) is 11.8. The number of benzene rings is 1. The second-order valence-corrected chi connectivity index (χ2v) is 4.15. The second-order valence-electron chi connectivity index (χ2n) is 4.15. The number of nitrogens with one attached hydrogen (secondary N) is 1. The van der Waals surface area contributed by atoms with Crippen LogP contribution in [-0.4, -0.2) is 16.2 Å². The van der Waals surface area contributed by atoms with Crippen LogP contribution >= 0.6 is 0 Å². The van der Waals surface area contributed by atoms with Crippen LogP contribution in [0.1, 0.15) is 11.4 Å². The summed E-state index contributed by atoms with van der Waals surface area (Å²) in [6.45, 7) is 1.52. The fourth-order valence-corrected chi connectivity index (χ4v) is 1.75. The van der Waals surface area contributed by atoms with Crippen molar-refractivity contribution >= 4 is 0 Å². The van der Waals surface area contributed by atoms with E-state index in [9.17, 15) is 0 Å². The number of aromatic nitrogens is 2. The highest BCUT2D eigenvalue weighted by Gasteiger charge is 2.00. The van der Waals surface area contributed by atoms with E-state index in [1.165, 1.54) is 0 Å². The molecule has 1 aromatic carbocycles. The Morgan fingerprint density at radius 2 is 2.32 bits per heavy atom. The molecule has 0 aliphatic heterocycles. The molecule has 0 bridgehead atoms. The Labute approximate surface area is 112 Å². The molecule has 0 unspecified atom stereocenters. The van der Waals surface area contributed by atoms with Crippen molar-refractivity contribution in [2.24, 2.45) is 7.05 Å². The standard InChI is InChI=1S/C14H16N4O/c1-18-7-6-17-14(18)11-16-10-12-3-2-4-13(9-12)19-8-5-15/h2-4,6-7,9,16H,8,10-11H2,1H3. The first kappa shape index (κ1) is 13.1. The van der Waals surface area contributed by atoms with Crippen LogP contribution in [0.25, 0.3) is 0 Å². The maximum absolute atomic E-state index is 8.47. The van der Waals surface area contributed by atoms with Crippen LogP contribution < -0.4 is 10.1 Å². The van der Waals surface area contributed by atoms with Gasteiger partial charge in [0.25, 0.3) is 0 Å². The zero-order chi connectivity index (χ0) is 13.5. The molecule has 2 rings (SSSR count). The molecule has 1 heterocycles. The molecular formula is C14H16N4O. The van der Waals surface area contributed by atoms with E-state index >= 15 is 0 Å². The van der Waals surface area contributed by atoms with Crippen LogP contribution in [0.5, 0.6) is 5.75 Å². The Kier molecular flexibility index (Phi) is 4.54. The summed E-state index contributed by atoms with van der Waals surface area (Å²) in [5.74, 6) is 1.72. The van der Waals surface area contributed by atoms with E-state index in [-0.39, 0.29) is 6.61 Å². The normalized spacial score (nSPS) is 10.1. The van der Waals surface area contributed by atoms with Crippen molar-refractivity contribution in [3.8, 4) is 11.8 Å². The fraction of sp³-hybridized carbons (Fsp3) is 0.286. The van der Waals surface area contributed by atoms with Crippen molar-refractivity contribution in [2.45, 2.75) is 13.1 Å². The SMILES string of the molecule is Cn1ccnc1CNCc1cccc(OCC#N)c1. The molecule has 0 aliphatic rings. The van der Waals surface area contributed by atoms with Gasteiger partial charge in [0.2, 0.25) is 0 Å². The molecule has 1 aromatic heterocycles. The van der Waals surface area contributed by atoms with E-state index in [0.29, 0.717) is 6.54 Å². The Balaban J connectivity index is 1.86. The van der Waals surface area contributed by atoms with Gasteiger partial charge in [-0.25, -0.2) is 4.98 Å². The fourth-order valence-electron chi connectivity index (χ4n) is 1.75. The van der Waals surface area contributed by atoms with Crippen LogP contribution in [0.2, 0.25) is 0 Å². The molecule has 98 valence electrons. The number of imidazole rings is 1. The maximum Gasteiger partial charge on any atom is 0.174 e. The van der Waals surface area contributed by atoms with Gasteiger partial charge in [0.1, 0.15) is 17.6 Å². The maximum atomic E-state index is 8.47.